The van der Waals surface area contributed by atoms with E-state index in [1.54, 1.807) is 21.8 Å². The normalized spacial score (nSPS) is 17.9. The van der Waals surface area contributed by atoms with Crippen molar-refractivity contribution in [3.8, 4) is 11.5 Å². The number of hydrogen-bond acceptors (Lipinski definition) is 7. The van der Waals surface area contributed by atoms with Gasteiger partial charge in [-0.15, -0.1) is 0 Å². The van der Waals surface area contributed by atoms with Crippen LogP contribution < -0.4 is 0 Å². The van der Waals surface area contributed by atoms with Gasteiger partial charge in [0.05, 0.1) is 23.5 Å². The van der Waals surface area contributed by atoms with Crippen LogP contribution in [0.4, 0.5) is 0 Å². The second-order valence-corrected chi connectivity index (χ2v) is 7.49. The maximum Gasteiger partial charge on any atom is 0.293 e. The van der Waals surface area contributed by atoms with Crippen molar-refractivity contribution in [2.24, 2.45) is 7.05 Å². The molecule has 28 heavy (non-hydrogen) atoms. The van der Waals surface area contributed by atoms with Crippen molar-refractivity contribution >= 4 is 5.91 Å². The van der Waals surface area contributed by atoms with Crippen molar-refractivity contribution in [1.29, 1.82) is 0 Å². The molecule has 3 aromatic rings. The second-order valence-electron chi connectivity index (χ2n) is 7.49. The summed E-state index contributed by atoms with van der Waals surface area (Å²) in [6.45, 7) is 4.65. The van der Waals surface area contributed by atoms with Crippen molar-refractivity contribution in [3.63, 3.8) is 0 Å². The Bertz CT molecular complexity index is 956. The van der Waals surface area contributed by atoms with E-state index in [0.29, 0.717) is 18.3 Å². The number of aryl methyl sites for hydroxylation is 1. The standard InChI is InChI=1S/C19H24N6O3/c1-12(2)14-9-16(27-22-14)19(26)25-8-6-4-5-7-15(25)17-21-18(28-23-17)13-10-20-24(3)11-13/h9-12,15H,4-8H2,1-3H3/t15-/m0/s1. The van der Waals surface area contributed by atoms with Crippen LogP contribution in [0.1, 0.15) is 73.6 Å². The van der Waals surface area contributed by atoms with Crippen molar-refractivity contribution in [3.05, 3.63) is 35.7 Å². The minimum absolute atomic E-state index is 0.181. The molecule has 0 aromatic carbocycles. The topological polar surface area (TPSA) is 103 Å². The number of hydrogen-bond donors (Lipinski definition) is 0. The molecule has 3 aromatic heterocycles. The molecule has 1 atom stereocenters. The fraction of sp³-hybridized carbons (Fsp3) is 0.526. The molecule has 0 aliphatic carbocycles. The van der Waals surface area contributed by atoms with Gasteiger partial charge in [0.2, 0.25) is 5.76 Å². The van der Waals surface area contributed by atoms with E-state index in [4.69, 9.17) is 9.05 Å². The number of carbonyl (C=O) groups is 1. The molecule has 1 fully saturated rings. The molecule has 0 bridgehead atoms. The van der Waals surface area contributed by atoms with E-state index in [0.717, 1.165) is 36.9 Å². The zero-order valence-corrected chi connectivity index (χ0v) is 16.3. The summed E-state index contributed by atoms with van der Waals surface area (Å²) in [5.41, 5.74) is 1.53. The van der Waals surface area contributed by atoms with Crippen LogP contribution in [0.15, 0.2) is 27.5 Å². The quantitative estimate of drug-likeness (QED) is 0.679. The Morgan fingerprint density at radius 2 is 2.07 bits per heavy atom. The summed E-state index contributed by atoms with van der Waals surface area (Å²) in [5.74, 6) is 1.19. The van der Waals surface area contributed by atoms with Gasteiger partial charge in [0.15, 0.2) is 5.82 Å². The Labute approximate surface area is 162 Å². The first-order chi connectivity index (χ1) is 13.5. The molecule has 9 heteroatoms. The van der Waals surface area contributed by atoms with Gasteiger partial charge < -0.3 is 13.9 Å². The fourth-order valence-corrected chi connectivity index (χ4v) is 3.44. The Morgan fingerprint density at radius 3 is 2.79 bits per heavy atom. The van der Waals surface area contributed by atoms with Gasteiger partial charge in [-0.1, -0.05) is 37.0 Å². The molecule has 148 valence electrons. The molecule has 1 aliphatic rings. The van der Waals surface area contributed by atoms with E-state index in [1.807, 2.05) is 27.1 Å². The molecule has 1 aliphatic heterocycles. The van der Waals surface area contributed by atoms with Crippen LogP contribution in [0.3, 0.4) is 0 Å². The molecule has 0 saturated carbocycles. The molecular weight excluding hydrogens is 360 g/mol. The van der Waals surface area contributed by atoms with Crippen molar-refractivity contribution in [1.82, 2.24) is 30.0 Å². The van der Waals surface area contributed by atoms with Gasteiger partial charge >= 0.3 is 0 Å². The molecule has 4 heterocycles. The van der Waals surface area contributed by atoms with Gasteiger partial charge in [-0.05, 0) is 18.8 Å². The summed E-state index contributed by atoms with van der Waals surface area (Å²) in [6.07, 6.45) is 7.26. The number of amides is 1. The van der Waals surface area contributed by atoms with Crippen LogP contribution in [0, 0.1) is 0 Å². The summed E-state index contributed by atoms with van der Waals surface area (Å²) >= 11 is 0. The number of nitrogens with zero attached hydrogens (tertiary/aromatic N) is 6. The van der Waals surface area contributed by atoms with E-state index in [1.165, 1.54) is 0 Å². The minimum atomic E-state index is -0.253. The highest BCUT2D eigenvalue weighted by atomic mass is 16.5. The van der Waals surface area contributed by atoms with Gasteiger partial charge in [-0.2, -0.15) is 10.1 Å². The Morgan fingerprint density at radius 1 is 1.21 bits per heavy atom. The van der Waals surface area contributed by atoms with E-state index < -0.39 is 0 Å². The zero-order valence-electron chi connectivity index (χ0n) is 16.3. The Balaban J connectivity index is 1.61. The second kappa shape index (κ2) is 7.57. The zero-order chi connectivity index (χ0) is 19.7. The van der Waals surface area contributed by atoms with Crippen LogP contribution in [0.25, 0.3) is 11.5 Å². The minimum Gasteiger partial charge on any atom is -0.351 e. The van der Waals surface area contributed by atoms with Crippen LogP contribution in [0.5, 0.6) is 0 Å². The number of rotatable bonds is 4. The maximum atomic E-state index is 13.1. The summed E-state index contributed by atoms with van der Waals surface area (Å²) in [5, 5.41) is 12.3. The maximum absolute atomic E-state index is 13.1. The summed E-state index contributed by atoms with van der Waals surface area (Å²) in [4.78, 5) is 19.5. The fourth-order valence-electron chi connectivity index (χ4n) is 3.44. The van der Waals surface area contributed by atoms with E-state index in [9.17, 15) is 4.79 Å². The largest absolute Gasteiger partial charge is 0.351 e. The number of likely N-dealkylation sites (tertiary alicyclic amines) is 1. The average molecular weight is 384 g/mol. The lowest BCUT2D eigenvalue weighted by molar-refractivity contribution is 0.0627. The predicted molar refractivity (Wildman–Crippen MR) is 99.3 cm³/mol. The first kappa shape index (κ1) is 18.4. The monoisotopic (exact) mass is 384 g/mol. The summed E-state index contributed by atoms with van der Waals surface area (Å²) < 4.78 is 12.4. The summed E-state index contributed by atoms with van der Waals surface area (Å²) in [6, 6.07) is 1.48. The molecule has 9 nitrogen and oxygen atoms in total. The number of carbonyl (C=O) groups excluding carboxylic acids is 1. The van der Waals surface area contributed by atoms with Crippen molar-refractivity contribution < 1.29 is 13.8 Å². The molecule has 0 N–H and O–H groups in total. The lowest BCUT2D eigenvalue weighted by atomic mass is 10.1. The van der Waals surface area contributed by atoms with Gasteiger partial charge in [0.1, 0.15) is 0 Å². The van der Waals surface area contributed by atoms with Gasteiger partial charge in [0, 0.05) is 25.9 Å². The van der Waals surface area contributed by atoms with Crippen LogP contribution in [-0.2, 0) is 7.05 Å². The highest BCUT2D eigenvalue weighted by Gasteiger charge is 2.33. The molecule has 1 saturated heterocycles. The van der Waals surface area contributed by atoms with E-state index >= 15 is 0 Å². The first-order valence-corrected chi connectivity index (χ1v) is 9.63. The van der Waals surface area contributed by atoms with Crippen molar-refractivity contribution in [2.75, 3.05) is 6.54 Å². The highest BCUT2D eigenvalue weighted by Crippen LogP contribution is 2.31. The molecule has 0 spiro atoms. The highest BCUT2D eigenvalue weighted by molar-refractivity contribution is 5.91. The Kier molecular flexibility index (Phi) is 4.97. The van der Waals surface area contributed by atoms with Gasteiger partial charge in [-0.3, -0.25) is 9.48 Å². The molecular formula is C19H24N6O3. The van der Waals surface area contributed by atoms with Crippen molar-refractivity contribution in [2.45, 2.75) is 51.5 Å². The molecule has 0 unspecified atom stereocenters. The molecule has 4 rings (SSSR count). The smallest absolute Gasteiger partial charge is 0.293 e. The lowest BCUT2D eigenvalue weighted by Gasteiger charge is -2.26. The first-order valence-electron chi connectivity index (χ1n) is 9.63. The van der Waals surface area contributed by atoms with Crippen LogP contribution in [-0.4, -0.2) is 42.4 Å². The van der Waals surface area contributed by atoms with E-state index in [2.05, 4.69) is 20.4 Å². The Hall–Kier alpha value is -2.97. The van der Waals surface area contributed by atoms with Gasteiger partial charge in [0.25, 0.3) is 11.8 Å². The molecule has 0 radical (unpaired) electrons. The van der Waals surface area contributed by atoms with E-state index in [-0.39, 0.29) is 23.6 Å². The molecule has 1 amide bonds. The third kappa shape index (κ3) is 3.56. The van der Waals surface area contributed by atoms with Crippen LogP contribution >= 0.6 is 0 Å². The van der Waals surface area contributed by atoms with Gasteiger partial charge in [-0.25, -0.2) is 0 Å². The summed E-state index contributed by atoms with van der Waals surface area (Å²) in [7, 11) is 1.83. The third-order valence-electron chi connectivity index (χ3n) is 5.04. The average Bonchev–Trinajstić information content (AvgIpc) is 3.39. The lowest BCUT2D eigenvalue weighted by Crippen LogP contribution is -2.35. The third-order valence-corrected chi connectivity index (χ3v) is 5.04. The predicted octanol–water partition coefficient (Wildman–Crippen LogP) is 3.34. The number of aromatic nitrogens is 5. The van der Waals surface area contributed by atoms with Crippen LogP contribution in [0.2, 0.25) is 0 Å². The SMILES string of the molecule is CC(C)c1cc(C(=O)N2CCCCC[C@H]2c2noc(-c3cnn(C)c3)n2)on1.